The van der Waals surface area contributed by atoms with Gasteiger partial charge in [-0.15, -0.1) is 6.58 Å². The van der Waals surface area contributed by atoms with Crippen LogP contribution in [0.5, 0.6) is 0 Å². The first-order valence-electron chi connectivity index (χ1n) is 4.42. The number of aromatic carboxylic acids is 1. The number of rotatable bonds is 4. The molecule has 0 unspecified atom stereocenters. The molecule has 0 bridgehead atoms. The van der Waals surface area contributed by atoms with E-state index in [0.29, 0.717) is 6.54 Å². The SMILES string of the molecule is C=C(C)CCn1c(C(=O)O)cnc1C. The lowest BCUT2D eigenvalue weighted by Crippen LogP contribution is -2.10. The molecule has 4 heteroatoms. The van der Waals surface area contributed by atoms with Crippen LogP contribution >= 0.6 is 0 Å². The Hall–Kier alpha value is -1.58. The number of imidazole rings is 1. The second-order valence-corrected chi connectivity index (χ2v) is 3.35. The topological polar surface area (TPSA) is 55.1 Å². The Morgan fingerprint density at radius 3 is 2.86 bits per heavy atom. The molecule has 0 aliphatic rings. The van der Waals surface area contributed by atoms with Crippen LogP contribution < -0.4 is 0 Å². The van der Waals surface area contributed by atoms with E-state index in [1.165, 1.54) is 6.20 Å². The lowest BCUT2D eigenvalue weighted by atomic mass is 10.2. The summed E-state index contributed by atoms with van der Waals surface area (Å²) in [5.41, 5.74) is 1.28. The zero-order chi connectivity index (χ0) is 10.7. The fourth-order valence-electron chi connectivity index (χ4n) is 1.22. The number of allylic oxidation sites excluding steroid dienone is 1. The Kier molecular flexibility index (Phi) is 3.06. The second kappa shape index (κ2) is 4.09. The summed E-state index contributed by atoms with van der Waals surface area (Å²) in [6, 6.07) is 0. The summed E-state index contributed by atoms with van der Waals surface area (Å²) in [4.78, 5) is 14.8. The molecular weight excluding hydrogens is 180 g/mol. The van der Waals surface area contributed by atoms with Crippen molar-refractivity contribution in [2.45, 2.75) is 26.8 Å². The molecule has 0 spiro atoms. The molecule has 1 aromatic heterocycles. The maximum absolute atomic E-state index is 10.8. The highest BCUT2D eigenvalue weighted by Gasteiger charge is 2.12. The fourth-order valence-corrected chi connectivity index (χ4v) is 1.22. The summed E-state index contributed by atoms with van der Waals surface area (Å²) >= 11 is 0. The summed E-state index contributed by atoms with van der Waals surface area (Å²) < 4.78 is 1.69. The van der Waals surface area contributed by atoms with E-state index < -0.39 is 5.97 Å². The van der Waals surface area contributed by atoms with Crippen molar-refractivity contribution in [1.29, 1.82) is 0 Å². The van der Waals surface area contributed by atoms with E-state index >= 15 is 0 Å². The Balaban J connectivity index is 2.88. The van der Waals surface area contributed by atoms with E-state index in [4.69, 9.17) is 5.11 Å². The summed E-state index contributed by atoms with van der Waals surface area (Å²) in [6.07, 6.45) is 2.16. The number of nitrogens with zero attached hydrogens (tertiary/aromatic N) is 2. The maximum Gasteiger partial charge on any atom is 0.354 e. The molecule has 0 aliphatic heterocycles. The molecule has 1 N–H and O–H groups in total. The molecule has 0 aromatic carbocycles. The van der Waals surface area contributed by atoms with Crippen LogP contribution in [0.1, 0.15) is 29.7 Å². The molecule has 1 heterocycles. The predicted octanol–water partition coefficient (Wildman–Crippen LogP) is 1.86. The minimum absolute atomic E-state index is 0.240. The first-order valence-corrected chi connectivity index (χ1v) is 4.42. The van der Waals surface area contributed by atoms with E-state index in [9.17, 15) is 4.79 Å². The lowest BCUT2D eigenvalue weighted by molar-refractivity contribution is 0.0684. The monoisotopic (exact) mass is 194 g/mol. The van der Waals surface area contributed by atoms with E-state index in [0.717, 1.165) is 17.8 Å². The summed E-state index contributed by atoms with van der Waals surface area (Å²) in [5.74, 6) is -0.212. The van der Waals surface area contributed by atoms with Crippen molar-refractivity contribution >= 4 is 5.97 Å². The highest BCUT2D eigenvalue weighted by molar-refractivity contribution is 5.85. The van der Waals surface area contributed by atoms with E-state index in [-0.39, 0.29) is 5.69 Å². The van der Waals surface area contributed by atoms with Gasteiger partial charge >= 0.3 is 5.97 Å². The summed E-state index contributed by atoms with van der Waals surface area (Å²) in [5, 5.41) is 8.86. The quantitative estimate of drug-likeness (QED) is 0.744. The Morgan fingerprint density at radius 2 is 2.36 bits per heavy atom. The van der Waals surface area contributed by atoms with Crippen LogP contribution in [0.15, 0.2) is 18.3 Å². The van der Waals surface area contributed by atoms with Gasteiger partial charge in [-0.05, 0) is 20.3 Å². The molecule has 14 heavy (non-hydrogen) atoms. The van der Waals surface area contributed by atoms with Gasteiger partial charge in [0.15, 0.2) is 0 Å². The molecule has 0 fully saturated rings. The molecular formula is C10H14N2O2. The third-order valence-corrected chi connectivity index (χ3v) is 2.04. The van der Waals surface area contributed by atoms with Gasteiger partial charge in [0.2, 0.25) is 0 Å². The Bertz CT molecular complexity index is 366. The van der Waals surface area contributed by atoms with Crippen molar-refractivity contribution in [2.75, 3.05) is 0 Å². The average Bonchev–Trinajstić information content (AvgIpc) is 2.43. The van der Waals surface area contributed by atoms with Gasteiger partial charge in [0.1, 0.15) is 11.5 Å². The van der Waals surface area contributed by atoms with Gasteiger partial charge < -0.3 is 9.67 Å². The Morgan fingerprint density at radius 1 is 1.71 bits per heavy atom. The Labute approximate surface area is 82.9 Å². The minimum atomic E-state index is -0.938. The zero-order valence-corrected chi connectivity index (χ0v) is 8.45. The van der Waals surface area contributed by atoms with E-state index in [2.05, 4.69) is 11.6 Å². The van der Waals surface area contributed by atoms with E-state index in [1.807, 2.05) is 6.92 Å². The molecule has 0 saturated heterocycles. The van der Waals surface area contributed by atoms with Crippen molar-refractivity contribution < 1.29 is 9.90 Å². The first kappa shape index (κ1) is 10.5. The van der Waals surface area contributed by atoms with Gasteiger partial charge in [0, 0.05) is 6.54 Å². The summed E-state index contributed by atoms with van der Waals surface area (Å²) in [6.45, 7) is 8.13. The highest BCUT2D eigenvalue weighted by Crippen LogP contribution is 2.08. The number of hydrogen-bond donors (Lipinski definition) is 1. The number of aromatic nitrogens is 2. The van der Waals surface area contributed by atoms with Crippen LogP contribution in [0.4, 0.5) is 0 Å². The van der Waals surface area contributed by atoms with Crippen molar-refractivity contribution in [3.05, 3.63) is 29.9 Å². The summed E-state index contributed by atoms with van der Waals surface area (Å²) in [7, 11) is 0. The standard InChI is InChI=1S/C10H14N2O2/c1-7(2)4-5-12-8(3)11-6-9(12)10(13)14/h6H,1,4-5H2,2-3H3,(H,13,14). The zero-order valence-electron chi connectivity index (χ0n) is 8.45. The largest absolute Gasteiger partial charge is 0.477 e. The number of carbonyl (C=O) groups is 1. The molecule has 76 valence electrons. The van der Waals surface area contributed by atoms with Gasteiger partial charge in [0.25, 0.3) is 0 Å². The van der Waals surface area contributed by atoms with Crippen molar-refractivity contribution in [2.24, 2.45) is 0 Å². The first-order chi connectivity index (χ1) is 6.52. The van der Waals surface area contributed by atoms with Crippen LogP contribution in [0.2, 0.25) is 0 Å². The number of carboxylic acid groups (broad SMARTS) is 1. The van der Waals surface area contributed by atoms with Crippen LogP contribution in [0.25, 0.3) is 0 Å². The highest BCUT2D eigenvalue weighted by atomic mass is 16.4. The average molecular weight is 194 g/mol. The molecule has 0 amide bonds. The number of carboxylic acids is 1. The molecule has 0 radical (unpaired) electrons. The van der Waals surface area contributed by atoms with Crippen LogP contribution in [0.3, 0.4) is 0 Å². The molecule has 0 atom stereocenters. The van der Waals surface area contributed by atoms with Crippen molar-refractivity contribution in [3.63, 3.8) is 0 Å². The third-order valence-electron chi connectivity index (χ3n) is 2.04. The van der Waals surface area contributed by atoms with Crippen LogP contribution in [0, 0.1) is 6.92 Å². The molecule has 1 rings (SSSR count). The second-order valence-electron chi connectivity index (χ2n) is 3.35. The van der Waals surface area contributed by atoms with Crippen molar-refractivity contribution in [3.8, 4) is 0 Å². The molecule has 4 nitrogen and oxygen atoms in total. The normalized spacial score (nSPS) is 10.1. The minimum Gasteiger partial charge on any atom is -0.477 e. The predicted molar refractivity (Wildman–Crippen MR) is 53.4 cm³/mol. The van der Waals surface area contributed by atoms with Gasteiger partial charge in [0.05, 0.1) is 6.20 Å². The van der Waals surface area contributed by atoms with Crippen LogP contribution in [-0.4, -0.2) is 20.6 Å². The van der Waals surface area contributed by atoms with Crippen molar-refractivity contribution in [1.82, 2.24) is 9.55 Å². The maximum atomic E-state index is 10.8. The molecule has 0 saturated carbocycles. The lowest BCUT2D eigenvalue weighted by Gasteiger charge is -2.06. The third kappa shape index (κ3) is 2.22. The molecule has 0 aliphatic carbocycles. The number of aryl methyl sites for hydroxylation is 1. The molecule has 1 aromatic rings. The number of hydrogen-bond acceptors (Lipinski definition) is 2. The van der Waals surface area contributed by atoms with E-state index in [1.54, 1.807) is 11.5 Å². The van der Waals surface area contributed by atoms with Gasteiger partial charge in [-0.2, -0.15) is 0 Å². The smallest absolute Gasteiger partial charge is 0.354 e. The van der Waals surface area contributed by atoms with Gasteiger partial charge in [-0.1, -0.05) is 5.57 Å². The van der Waals surface area contributed by atoms with Gasteiger partial charge in [-0.25, -0.2) is 9.78 Å². The van der Waals surface area contributed by atoms with Gasteiger partial charge in [-0.3, -0.25) is 0 Å². The fraction of sp³-hybridized carbons (Fsp3) is 0.400. The van der Waals surface area contributed by atoms with Crippen LogP contribution in [-0.2, 0) is 6.54 Å².